The Hall–Kier alpha value is -7.49. The van der Waals surface area contributed by atoms with Crippen LogP contribution in [0.2, 0.25) is 0 Å². The number of hydrogen-bond acceptors (Lipinski definition) is 4. The van der Waals surface area contributed by atoms with Gasteiger partial charge in [0.25, 0.3) is 6.33 Å². The van der Waals surface area contributed by atoms with Gasteiger partial charge >= 0.3 is 0 Å². The monoisotopic (exact) mass is 762 g/mol. The third kappa shape index (κ3) is 6.29. The Morgan fingerprint density at radius 2 is 1.42 bits per heavy atom. The summed E-state index contributed by atoms with van der Waals surface area (Å²) < 4.78 is 4.30. The minimum atomic E-state index is -0.161. The van der Waals surface area contributed by atoms with Gasteiger partial charge in [-0.1, -0.05) is 160 Å². The molecule has 6 heteroatoms. The fourth-order valence-electron chi connectivity index (χ4n) is 8.66. The SMILES string of the molecule is CC(C)(C)c1ccnc(N2c3ccccc3C3C=C/C(=C(\C#N)c4cccc(-n5[c-][n+](-c6c(-c7ccccc7)cccc6-c6ccccc6)c6ccccc65)c4)NC32)c1. The molecule has 10 rings (SSSR count). The van der Waals surface area contributed by atoms with Gasteiger partial charge in [0.1, 0.15) is 18.1 Å². The molecule has 0 bridgehead atoms. The fraction of sp³-hybridized carbons (Fsp3) is 0.113. The van der Waals surface area contributed by atoms with E-state index in [1.54, 1.807) is 0 Å². The average Bonchev–Trinajstić information content (AvgIpc) is 3.83. The van der Waals surface area contributed by atoms with Crippen molar-refractivity contribution in [2.24, 2.45) is 0 Å². The summed E-state index contributed by atoms with van der Waals surface area (Å²) in [5, 5.41) is 14.7. The molecule has 6 nitrogen and oxygen atoms in total. The quantitative estimate of drug-likeness (QED) is 0.104. The van der Waals surface area contributed by atoms with Gasteiger partial charge < -0.3 is 10.2 Å². The zero-order chi connectivity index (χ0) is 40.1. The molecule has 0 amide bonds. The maximum Gasteiger partial charge on any atom is 0.269 e. The first-order valence-electron chi connectivity index (χ1n) is 20.1. The summed E-state index contributed by atoms with van der Waals surface area (Å²) in [5.74, 6) is 0.963. The van der Waals surface area contributed by atoms with Crippen molar-refractivity contribution in [3.63, 3.8) is 0 Å². The minimum Gasteiger partial charge on any atom is -0.363 e. The Morgan fingerprint density at radius 3 is 2.15 bits per heavy atom. The highest BCUT2D eigenvalue weighted by Gasteiger charge is 2.41. The van der Waals surface area contributed by atoms with E-state index >= 15 is 0 Å². The molecular weight excluding hydrogens is 721 g/mol. The van der Waals surface area contributed by atoms with E-state index in [1.807, 2.05) is 18.3 Å². The van der Waals surface area contributed by atoms with Crippen LogP contribution in [0, 0.1) is 17.7 Å². The summed E-state index contributed by atoms with van der Waals surface area (Å²) in [6, 6.07) is 59.6. The van der Waals surface area contributed by atoms with Crippen molar-refractivity contribution in [1.29, 1.82) is 5.26 Å². The first-order valence-corrected chi connectivity index (χ1v) is 20.1. The van der Waals surface area contributed by atoms with Gasteiger partial charge in [0.15, 0.2) is 0 Å². The number of fused-ring (bicyclic) bond motifs is 4. The van der Waals surface area contributed by atoms with E-state index in [0.717, 1.165) is 67.4 Å². The zero-order valence-corrected chi connectivity index (χ0v) is 33.2. The number of aromatic nitrogens is 3. The van der Waals surface area contributed by atoms with Crippen LogP contribution in [0.15, 0.2) is 188 Å². The van der Waals surface area contributed by atoms with Crippen LogP contribution in [-0.4, -0.2) is 15.7 Å². The van der Waals surface area contributed by atoms with Crippen LogP contribution in [0.3, 0.4) is 0 Å². The summed E-state index contributed by atoms with van der Waals surface area (Å²) in [5.41, 5.74) is 14.1. The predicted octanol–water partition coefficient (Wildman–Crippen LogP) is 11.4. The van der Waals surface area contributed by atoms with E-state index in [2.05, 4.69) is 216 Å². The molecule has 2 aliphatic rings. The summed E-state index contributed by atoms with van der Waals surface area (Å²) in [4.78, 5) is 7.18. The number of nitriles is 1. The molecule has 6 aromatic carbocycles. The van der Waals surface area contributed by atoms with Gasteiger partial charge in [-0.2, -0.15) is 5.26 Å². The summed E-state index contributed by atoms with van der Waals surface area (Å²) in [6.07, 6.45) is 9.82. The summed E-state index contributed by atoms with van der Waals surface area (Å²) in [6.45, 7) is 6.67. The van der Waals surface area contributed by atoms with Crippen LogP contribution in [0.5, 0.6) is 0 Å². The minimum absolute atomic E-state index is 0.0303. The number of nitrogens with zero attached hydrogens (tertiary/aromatic N) is 5. The van der Waals surface area contributed by atoms with Crippen molar-refractivity contribution in [3.8, 4) is 39.7 Å². The van der Waals surface area contributed by atoms with Gasteiger partial charge in [-0.15, -0.1) is 0 Å². The number of para-hydroxylation sites is 4. The molecule has 59 heavy (non-hydrogen) atoms. The van der Waals surface area contributed by atoms with Gasteiger partial charge in [-0.05, 0) is 80.8 Å². The molecule has 0 saturated heterocycles. The van der Waals surface area contributed by atoms with Gasteiger partial charge in [-0.3, -0.25) is 9.13 Å². The Morgan fingerprint density at radius 1 is 0.746 bits per heavy atom. The van der Waals surface area contributed by atoms with Crippen molar-refractivity contribution in [3.05, 3.63) is 211 Å². The number of rotatable bonds is 6. The number of allylic oxidation sites excluding steroid dienone is 2. The first kappa shape index (κ1) is 35.9. The largest absolute Gasteiger partial charge is 0.363 e. The van der Waals surface area contributed by atoms with Gasteiger partial charge in [0.05, 0.1) is 33.7 Å². The van der Waals surface area contributed by atoms with E-state index in [1.165, 1.54) is 11.1 Å². The lowest BCUT2D eigenvalue weighted by molar-refractivity contribution is -0.571. The number of hydrogen-bond donors (Lipinski definition) is 1. The van der Waals surface area contributed by atoms with Crippen LogP contribution in [0.4, 0.5) is 11.5 Å². The van der Waals surface area contributed by atoms with E-state index in [9.17, 15) is 5.26 Å². The molecule has 0 radical (unpaired) electrons. The van der Waals surface area contributed by atoms with Crippen molar-refractivity contribution >= 4 is 28.1 Å². The van der Waals surface area contributed by atoms with Crippen molar-refractivity contribution in [1.82, 2.24) is 14.9 Å². The highest BCUT2D eigenvalue weighted by Crippen LogP contribution is 2.47. The molecule has 8 aromatic rings. The van der Waals surface area contributed by atoms with Crippen LogP contribution >= 0.6 is 0 Å². The van der Waals surface area contributed by atoms with E-state index in [0.29, 0.717) is 5.57 Å². The van der Waals surface area contributed by atoms with E-state index in [-0.39, 0.29) is 17.5 Å². The topological polar surface area (TPSA) is 60.8 Å². The molecule has 2 aliphatic heterocycles. The number of pyridine rings is 1. The second-order valence-corrected chi connectivity index (χ2v) is 16.2. The standard InChI is InChI=1S/C53H42N6/c1-53(2,3)39-30-31-55-50(33-39)59-47-25-11-10-22-43(47)44-28-29-46(56-52(44)59)45(34-54)38-20-14-21-40(32-38)57-35-58(49-27-13-12-26-48(49)57)51-41(36-16-6-4-7-17-36)23-15-24-42(51)37-18-8-5-9-19-37/h4-33,44,52,56H,1-3H3/b46-45-. The predicted molar refractivity (Wildman–Crippen MR) is 237 cm³/mol. The van der Waals surface area contributed by atoms with Crippen LogP contribution in [0.25, 0.3) is 50.2 Å². The van der Waals surface area contributed by atoms with Crippen molar-refractivity contribution in [2.75, 3.05) is 4.90 Å². The Kier molecular flexibility index (Phi) is 8.80. The van der Waals surface area contributed by atoms with Gasteiger partial charge in [-0.25, -0.2) is 4.98 Å². The molecule has 2 unspecified atom stereocenters. The molecule has 0 spiro atoms. The lowest BCUT2D eigenvalue weighted by Crippen LogP contribution is -2.44. The Bertz CT molecular complexity index is 2920. The third-order valence-electron chi connectivity index (χ3n) is 11.6. The van der Waals surface area contributed by atoms with Crippen LogP contribution in [-0.2, 0) is 5.41 Å². The van der Waals surface area contributed by atoms with Gasteiger partial charge in [0, 0.05) is 17.8 Å². The molecule has 0 fully saturated rings. The molecule has 1 N–H and O–H groups in total. The van der Waals surface area contributed by atoms with Crippen molar-refractivity contribution in [2.45, 2.75) is 38.3 Å². The average molecular weight is 763 g/mol. The van der Waals surface area contributed by atoms with Gasteiger partial charge in [0.2, 0.25) is 0 Å². The fourth-order valence-corrected chi connectivity index (χ4v) is 8.66. The second-order valence-electron chi connectivity index (χ2n) is 16.2. The Balaban J connectivity index is 1.08. The van der Waals surface area contributed by atoms with Crippen molar-refractivity contribution < 1.29 is 4.57 Å². The number of anilines is 2. The lowest BCUT2D eigenvalue weighted by Gasteiger charge is -2.34. The number of imidazole rings is 1. The first-order chi connectivity index (χ1) is 28.9. The normalized spacial score (nSPS) is 16.6. The summed E-state index contributed by atoms with van der Waals surface area (Å²) in [7, 11) is 0. The number of benzene rings is 6. The van der Waals surface area contributed by atoms with Crippen LogP contribution < -0.4 is 14.8 Å². The zero-order valence-electron chi connectivity index (χ0n) is 33.2. The molecule has 0 aliphatic carbocycles. The maximum absolute atomic E-state index is 10.9. The third-order valence-corrected chi connectivity index (χ3v) is 11.6. The molecule has 2 aromatic heterocycles. The molecule has 2 atom stereocenters. The lowest BCUT2D eigenvalue weighted by atomic mass is 9.88. The van der Waals surface area contributed by atoms with E-state index in [4.69, 9.17) is 4.98 Å². The highest BCUT2D eigenvalue weighted by molar-refractivity contribution is 5.86. The molecule has 0 saturated carbocycles. The summed E-state index contributed by atoms with van der Waals surface area (Å²) >= 11 is 0. The molecule has 4 heterocycles. The Labute approximate surface area is 345 Å². The highest BCUT2D eigenvalue weighted by atomic mass is 15.3. The maximum atomic E-state index is 10.9. The molecular formula is C53H42N6. The van der Waals surface area contributed by atoms with Crippen LogP contribution in [0.1, 0.15) is 43.4 Å². The smallest absolute Gasteiger partial charge is 0.269 e. The number of nitrogens with one attached hydrogen (secondary N) is 1. The second kappa shape index (κ2) is 14.5. The molecule has 284 valence electrons. The van der Waals surface area contributed by atoms with E-state index < -0.39 is 0 Å².